The van der Waals surface area contributed by atoms with Crippen molar-refractivity contribution in [2.24, 2.45) is 7.05 Å². The minimum atomic E-state index is 0.546. The van der Waals surface area contributed by atoms with Crippen LogP contribution in [0.2, 0.25) is 0 Å². The fraction of sp³-hybridized carbons (Fsp3) is 0.219. The summed E-state index contributed by atoms with van der Waals surface area (Å²) in [5.41, 5.74) is 10.4. The number of aromatic nitrogens is 2. The fourth-order valence-electron chi connectivity index (χ4n) is 5.72. The Balaban J connectivity index is 1.61. The number of rotatable bonds is 4. The molecule has 1 fully saturated rings. The van der Waals surface area contributed by atoms with Gasteiger partial charge in [0.15, 0.2) is 11.0 Å². The highest BCUT2D eigenvalue weighted by molar-refractivity contribution is 5.83. The van der Waals surface area contributed by atoms with E-state index in [-0.39, 0.29) is 0 Å². The minimum absolute atomic E-state index is 0.546. The third-order valence-corrected chi connectivity index (χ3v) is 7.52. The summed E-state index contributed by atoms with van der Waals surface area (Å²) in [4.78, 5) is 0. The van der Waals surface area contributed by atoms with Crippen molar-refractivity contribution >= 4 is 11.0 Å². The van der Waals surface area contributed by atoms with Crippen molar-refractivity contribution in [2.45, 2.75) is 38.6 Å². The smallest absolute Gasteiger partial charge is 0.226 e. The molecule has 5 aromatic rings. The van der Waals surface area contributed by atoms with Gasteiger partial charge in [0.2, 0.25) is 0 Å². The van der Waals surface area contributed by atoms with E-state index in [9.17, 15) is 0 Å². The van der Waals surface area contributed by atoms with Crippen LogP contribution in [0.1, 0.15) is 37.3 Å². The number of imidazole rings is 1. The molecule has 0 aliphatic heterocycles. The average molecular weight is 444 g/mol. The van der Waals surface area contributed by atoms with Crippen LogP contribution in [-0.4, -0.2) is 4.57 Å². The van der Waals surface area contributed by atoms with Gasteiger partial charge in [-0.1, -0.05) is 72.8 Å². The molecule has 0 saturated heterocycles. The van der Waals surface area contributed by atoms with E-state index in [4.69, 9.17) is 0 Å². The molecule has 6 rings (SSSR count). The third-order valence-electron chi connectivity index (χ3n) is 7.52. The van der Waals surface area contributed by atoms with Crippen molar-refractivity contribution in [1.82, 2.24) is 4.57 Å². The van der Waals surface area contributed by atoms with E-state index in [1.165, 1.54) is 75.9 Å². The van der Waals surface area contributed by atoms with Gasteiger partial charge in [-0.3, -0.25) is 0 Å². The molecule has 4 aromatic carbocycles. The monoisotopic (exact) mass is 443 g/mol. The number of nitrogens with zero attached hydrogens (tertiary/aromatic N) is 2. The zero-order valence-electron chi connectivity index (χ0n) is 20.0. The van der Waals surface area contributed by atoms with E-state index in [0.717, 1.165) is 0 Å². The highest BCUT2D eigenvalue weighted by Gasteiger charge is 2.33. The topological polar surface area (TPSA) is 8.81 Å². The first-order valence-corrected chi connectivity index (χ1v) is 12.5. The summed E-state index contributed by atoms with van der Waals surface area (Å²) in [7, 11) is 2.24. The highest BCUT2D eigenvalue weighted by atomic mass is 15.2. The predicted octanol–water partition coefficient (Wildman–Crippen LogP) is 7.89. The van der Waals surface area contributed by atoms with Crippen molar-refractivity contribution in [1.29, 1.82) is 0 Å². The largest absolute Gasteiger partial charge is 0.290 e. The SMILES string of the molecule is Cc1ccc(-c2ccccc2)cc1-c1n(C2CCCC2)c2cc(-c3ccccc3)ccc2[n+]1C. The van der Waals surface area contributed by atoms with Gasteiger partial charge in [-0.25, -0.2) is 9.13 Å². The summed E-state index contributed by atoms with van der Waals surface area (Å²) >= 11 is 0. The molecule has 1 aromatic heterocycles. The number of benzene rings is 4. The second-order valence-electron chi connectivity index (χ2n) is 9.66. The van der Waals surface area contributed by atoms with Gasteiger partial charge in [-0.15, -0.1) is 0 Å². The molecule has 0 radical (unpaired) electrons. The van der Waals surface area contributed by atoms with Crippen LogP contribution in [0.3, 0.4) is 0 Å². The number of hydrogen-bond donors (Lipinski definition) is 0. The summed E-state index contributed by atoms with van der Waals surface area (Å²) in [5.74, 6) is 1.32. The van der Waals surface area contributed by atoms with Crippen LogP contribution in [0, 0.1) is 6.92 Å². The van der Waals surface area contributed by atoms with Gasteiger partial charge in [0.1, 0.15) is 6.04 Å². The molecule has 1 aliphatic carbocycles. The Morgan fingerprint density at radius 1 is 0.676 bits per heavy atom. The summed E-state index contributed by atoms with van der Waals surface area (Å²) in [6.07, 6.45) is 5.14. The van der Waals surface area contributed by atoms with Gasteiger partial charge in [0, 0.05) is 0 Å². The second kappa shape index (κ2) is 8.61. The first-order valence-electron chi connectivity index (χ1n) is 12.5. The van der Waals surface area contributed by atoms with Gasteiger partial charge in [0.05, 0.1) is 12.6 Å². The summed E-state index contributed by atoms with van der Waals surface area (Å²) < 4.78 is 5.07. The second-order valence-corrected chi connectivity index (χ2v) is 9.66. The average Bonchev–Trinajstić information content (AvgIpc) is 3.51. The van der Waals surface area contributed by atoms with Gasteiger partial charge in [0.25, 0.3) is 5.82 Å². The maximum absolute atomic E-state index is 2.66. The van der Waals surface area contributed by atoms with Gasteiger partial charge < -0.3 is 0 Å². The maximum atomic E-state index is 2.66. The molecule has 0 bridgehead atoms. The molecule has 2 heteroatoms. The van der Waals surface area contributed by atoms with Crippen LogP contribution < -0.4 is 4.57 Å². The number of aryl methyl sites for hydroxylation is 2. The van der Waals surface area contributed by atoms with Gasteiger partial charge >= 0.3 is 0 Å². The van der Waals surface area contributed by atoms with Crippen LogP contribution in [0.4, 0.5) is 0 Å². The van der Waals surface area contributed by atoms with Crippen LogP contribution >= 0.6 is 0 Å². The van der Waals surface area contributed by atoms with E-state index in [2.05, 4.69) is 120 Å². The molecule has 1 heterocycles. The number of fused-ring (bicyclic) bond motifs is 1. The normalized spacial score (nSPS) is 14.2. The molecule has 0 unspecified atom stereocenters. The van der Waals surface area contributed by atoms with Crippen molar-refractivity contribution in [3.63, 3.8) is 0 Å². The molecular weight excluding hydrogens is 412 g/mol. The van der Waals surface area contributed by atoms with Crippen molar-refractivity contribution in [3.8, 4) is 33.6 Å². The zero-order valence-corrected chi connectivity index (χ0v) is 20.0. The van der Waals surface area contributed by atoms with E-state index in [0.29, 0.717) is 6.04 Å². The molecule has 0 amide bonds. The Kier molecular flexibility index (Phi) is 5.30. The Labute approximate surface area is 202 Å². The van der Waals surface area contributed by atoms with Crippen LogP contribution in [-0.2, 0) is 7.05 Å². The molecular formula is C32H31N2+. The molecule has 0 atom stereocenters. The predicted molar refractivity (Wildman–Crippen MR) is 142 cm³/mol. The van der Waals surface area contributed by atoms with Crippen LogP contribution in [0.15, 0.2) is 97.1 Å². The van der Waals surface area contributed by atoms with Crippen LogP contribution in [0.25, 0.3) is 44.7 Å². The lowest BCUT2D eigenvalue weighted by Gasteiger charge is -2.13. The van der Waals surface area contributed by atoms with Gasteiger partial charge in [-0.2, -0.15) is 0 Å². The summed E-state index contributed by atoms with van der Waals surface area (Å²) in [6, 6.07) is 35.9. The fourth-order valence-corrected chi connectivity index (χ4v) is 5.72. The Hall–Kier alpha value is -3.65. The Bertz CT molecular complexity index is 1460. The lowest BCUT2D eigenvalue weighted by molar-refractivity contribution is -0.634. The molecule has 168 valence electrons. The van der Waals surface area contributed by atoms with Crippen molar-refractivity contribution < 1.29 is 4.57 Å². The molecule has 34 heavy (non-hydrogen) atoms. The molecule has 1 aliphatic rings. The third kappa shape index (κ3) is 3.54. The standard InChI is InChI=1S/C32H31N2/c1-23-17-18-26(24-11-5-3-6-12-24)21-29(23)32-33(2)30-20-19-27(25-13-7-4-8-14-25)22-31(30)34(32)28-15-9-10-16-28/h3-8,11-14,17-22,28H,9-10,15-16H2,1-2H3/q+1. The Morgan fingerprint density at radius 2 is 1.26 bits per heavy atom. The molecule has 2 nitrogen and oxygen atoms in total. The maximum Gasteiger partial charge on any atom is 0.290 e. The summed E-state index contributed by atoms with van der Waals surface area (Å²) in [6.45, 7) is 2.25. The first kappa shape index (κ1) is 20.9. The Morgan fingerprint density at radius 3 is 1.91 bits per heavy atom. The van der Waals surface area contributed by atoms with E-state index >= 15 is 0 Å². The van der Waals surface area contributed by atoms with E-state index in [1.807, 2.05) is 0 Å². The highest BCUT2D eigenvalue weighted by Crippen LogP contribution is 2.38. The first-order chi connectivity index (χ1) is 16.7. The van der Waals surface area contributed by atoms with Crippen molar-refractivity contribution in [3.05, 3.63) is 103 Å². The lowest BCUT2D eigenvalue weighted by Crippen LogP contribution is -2.31. The summed E-state index contributed by atoms with van der Waals surface area (Å²) in [5, 5.41) is 0. The quantitative estimate of drug-likeness (QED) is 0.250. The molecule has 1 saturated carbocycles. The van der Waals surface area contributed by atoms with Crippen molar-refractivity contribution in [2.75, 3.05) is 0 Å². The minimum Gasteiger partial charge on any atom is -0.226 e. The molecule has 0 spiro atoms. The lowest BCUT2D eigenvalue weighted by atomic mass is 9.99. The van der Waals surface area contributed by atoms with E-state index < -0.39 is 0 Å². The van der Waals surface area contributed by atoms with E-state index in [1.54, 1.807) is 0 Å². The zero-order chi connectivity index (χ0) is 23.1. The van der Waals surface area contributed by atoms with Gasteiger partial charge in [-0.05, 0) is 84.7 Å². The molecule has 0 N–H and O–H groups in total. The number of hydrogen-bond acceptors (Lipinski definition) is 0. The van der Waals surface area contributed by atoms with Crippen LogP contribution in [0.5, 0.6) is 0 Å².